The highest BCUT2D eigenvalue weighted by atomic mass is 19.1. The highest BCUT2D eigenvalue weighted by molar-refractivity contribution is 5.97. The van der Waals surface area contributed by atoms with Gasteiger partial charge in [-0.3, -0.25) is 9.59 Å². The summed E-state index contributed by atoms with van der Waals surface area (Å²) in [5, 5.41) is 0. The van der Waals surface area contributed by atoms with Gasteiger partial charge in [-0.25, -0.2) is 4.39 Å². The van der Waals surface area contributed by atoms with Gasteiger partial charge in [0, 0.05) is 38.8 Å². The van der Waals surface area contributed by atoms with E-state index >= 15 is 0 Å². The van der Waals surface area contributed by atoms with E-state index in [1.165, 1.54) is 13.0 Å². The lowest BCUT2D eigenvalue weighted by atomic mass is 10.1. The molecule has 3 aromatic rings. The fraction of sp³-hybridized carbons (Fsp3) is 0.280. The third kappa shape index (κ3) is 3.98. The Hall–Kier alpha value is -3.61. The predicted octanol–water partition coefficient (Wildman–Crippen LogP) is 3.90. The van der Waals surface area contributed by atoms with Gasteiger partial charge >= 0.3 is 0 Å². The molecule has 2 heterocycles. The second-order valence-corrected chi connectivity index (χ2v) is 7.84. The Labute approximate surface area is 186 Å². The second-order valence-electron chi connectivity index (χ2n) is 7.84. The normalized spacial score (nSPS) is 13.9. The van der Waals surface area contributed by atoms with Crippen LogP contribution in [0.5, 0.6) is 5.75 Å². The molecule has 6 nitrogen and oxygen atoms in total. The Morgan fingerprint density at radius 1 is 0.938 bits per heavy atom. The summed E-state index contributed by atoms with van der Waals surface area (Å²) in [7, 11) is 1.60. The molecule has 1 aliphatic rings. The van der Waals surface area contributed by atoms with E-state index < -0.39 is 0 Å². The average molecular weight is 435 g/mol. The minimum atomic E-state index is -0.366. The Kier molecular flexibility index (Phi) is 5.99. The van der Waals surface area contributed by atoms with Crippen LogP contribution in [-0.2, 0) is 4.79 Å². The smallest absolute Gasteiger partial charge is 0.255 e. The zero-order valence-corrected chi connectivity index (χ0v) is 18.5. The molecule has 166 valence electrons. The van der Waals surface area contributed by atoms with Gasteiger partial charge in [0.2, 0.25) is 5.91 Å². The predicted molar refractivity (Wildman–Crippen MR) is 121 cm³/mol. The molecule has 1 saturated heterocycles. The van der Waals surface area contributed by atoms with Gasteiger partial charge in [-0.15, -0.1) is 0 Å². The van der Waals surface area contributed by atoms with Crippen LogP contribution in [0.4, 0.5) is 4.39 Å². The zero-order chi connectivity index (χ0) is 22.8. The highest BCUT2D eigenvalue weighted by Gasteiger charge is 2.27. The Morgan fingerprint density at radius 2 is 1.56 bits per heavy atom. The standard InChI is InChI=1S/C25H26FN3O3/c1-17-21(25(31)28-14-12-27(13-15-28)18(2)30)16-24(19-8-10-20(32-3)11-9-19)29(17)23-7-5-4-6-22(23)26/h4-11,16H,12-15H2,1-3H3. The largest absolute Gasteiger partial charge is 0.497 e. The summed E-state index contributed by atoms with van der Waals surface area (Å²) in [6.07, 6.45) is 0. The molecule has 0 saturated carbocycles. The average Bonchev–Trinajstić information content (AvgIpc) is 3.15. The van der Waals surface area contributed by atoms with Crippen LogP contribution >= 0.6 is 0 Å². The van der Waals surface area contributed by atoms with Crippen LogP contribution < -0.4 is 4.74 Å². The van der Waals surface area contributed by atoms with E-state index in [1.54, 1.807) is 39.7 Å². The van der Waals surface area contributed by atoms with E-state index in [0.717, 1.165) is 11.3 Å². The van der Waals surface area contributed by atoms with Gasteiger partial charge in [-0.2, -0.15) is 0 Å². The molecule has 1 fully saturated rings. The Balaban J connectivity index is 1.76. The number of nitrogens with zero attached hydrogens (tertiary/aromatic N) is 3. The number of rotatable bonds is 4. The monoisotopic (exact) mass is 435 g/mol. The quantitative estimate of drug-likeness (QED) is 0.625. The maximum Gasteiger partial charge on any atom is 0.255 e. The first kappa shape index (κ1) is 21.6. The maximum absolute atomic E-state index is 14.8. The number of halogens is 1. The molecule has 1 aliphatic heterocycles. The molecular formula is C25H26FN3O3. The fourth-order valence-electron chi connectivity index (χ4n) is 4.14. The van der Waals surface area contributed by atoms with Crippen LogP contribution in [-0.4, -0.2) is 59.5 Å². The summed E-state index contributed by atoms with van der Waals surface area (Å²) in [6, 6.07) is 15.8. The van der Waals surface area contributed by atoms with E-state index in [0.29, 0.717) is 48.9 Å². The number of carbonyl (C=O) groups excluding carboxylic acids is 2. The van der Waals surface area contributed by atoms with Gasteiger partial charge in [-0.05, 0) is 55.0 Å². The Bertz CT molecular complexity index is 1150. The van der Waals surface area contributed by atoms with Crippen molar-refractivity contribution in [3.63, 3.8) is 0 Å². The van der Waals surface area contributed by atoms with Crippen LogP contribution in [0.15, 0.2) is 54.6 Å². The van der Waals surface area contributed by atoms with Crippen LogP contribution in [0.2, 0.25) is 0 Å². The van der Waals surface area contributed by atoms with E-state index in [2.05, 4.69) is 0 Å². The summed E-state index contributed by atoms with van der Waals surface area (Å²) < 4.78 is 21.8. The molecule has 4 rings (SSSR count). The molecule has 0 spiro atoms. The lowest BCUT2D eigenvalue weighted by molar-refractivity contribution is -0.130. The molecule has 2 aromatic carbocycles. The number of ether oxygens (including phenoxy) is 1. The SMILES string of the molecule is COc1ccc(-c2cc(C(=O)N3CCN(C(C)=O)CC3)c(C)n2-c2ccccc2F)cc1. The number of aromatic nitrogens is 1. The number of methoxy groups -OCH3 is 1. The molecule has 1 aromatic heterocycles. The van der Waals surface area contributed by atoms with Gasteiger partial charge in [0.05, 0.1) is 24.1 Å². The maximum atomic E-state index is 14.8. The third-order valence-corrected chi connectivity index (χ3v) is 5.97. The van der Waals surface area contributed by atoms with Crippen molar-refractivity contribution in [2.24, 2.45) is 0 Å². The molecule has 0 bridgehead atoms. The lowest BCUT2D eigenvalue weighted by Gasteiger charge is -2.34. The van der Waals surface area contributed by atoms with Gasteiger partial charge in [0.15, 0.2) is 0 Å². The number of benzene rings is 2. The van der Waals surface area contributed by atoms with E-state index in [1.807, 2.05) is 37.3 Å². The number of amides is 2. The molecule has 0 atom stereocenters. The topological polar surface area (TPSA) is 54.8 Å². The molecule has 0 radical (unpaired) electrons. The number of carbonyl (C=O) groups is 2. The molecule has 2 amide bonds. The number of piperazine rings is 1. The summed E-state index contributed by atoms with van der Waals surface area (Å²) in [6.45, 7) is 5.34. The van der Waals surface area contributed by atoms with Crippen LogP contribution in [0.1, 0.15) is 23.0 Å². The first-order valence-electron chi connectivity index (χ1n) is 10.6. The van der Waals surface area contributed by atoms with E-state index in [4.69, 9.17) is 4.74 Å². The second kappa shape index (κ2) is 8.86. The number of hydrogen-bond donors (Lipinski definition) is 0. The van der Waals surface area contributed by atoms with Crippen molar-refractivity contribution in [1.82, 2.24) is 14.4 Å². The minimum absolute atomic E-state index is 0.0146. The zero-order valence-electron chi connectivity index (χ0n) is 18.5. The van der Waals surface area contributed by atoms with Crippen molar-refractivity contribution in [1.29, 1.82) is 0 Å². The third-order valence-electron chi connectivity index (χ3n) is 5.97. The number of para-hydroxylation sites is 1. The van der Waals surface area contributed by atoms with E-state index in [-0.39, 0.29) is 17.6 Å². The molecular weight excluding hydrogens is 409 g/mol. The van der Waals surface area contributed by atoms with Gasteiger partial charge in [0.25, 0.3) is 5.91 Å². The molecule has 7 heteroatoms. The van der Waals surface area contributed by atoms with Crippen molar-refractivity contribution < 1.29 is 18.7 Å². The molecule has 32 heavy (non-hydrogen) atoms. The van der Waals surface area contributed by atoms with Crippen molar-refractivity contribution in [3.8, 4) is 22.7 Å². The van der Waals surface area contributed by atoms with Crippen molar-refractivity contribution in [2.45, 2.75) is 13.8 Å². The first-order chi connectivity index (χ1) is 15.4. The molecule has 0 aliphatic carbocycles. The van der Waals surface area contributed by atoms with Crippen LogP contribution in [0, 0.1) is 12.7 Å². The molecule has 0 N–H and O–H groups in total. The minimum Gasteiger partial charge on any atom is -0.497 e. The van der Waals surface area contributed by atoms with Crippen molar-refractivity contribution in [3.05, 3.63) is 71.7 Å². The van der Waals surface area contributed by atoms with Gasteiger partial charge in [-0.1, -0.05) is 12.1 Å². The Morgan fingerprint density at radius 3 is 2.16 bits per heavy atom. The fourth-order valence-corrected chi connectivity index (χ4v) is 4.14. The van der Waals surface area contributed by atoms with Crippen LogP contribution in [0.25, 0.3) is 16.9 Å². The van der Waals surface area contributed by atoms with Crippen molar-refractivity contribution >= 4 is 11.8 Å². The van der Waals surface area contributed by atoms with Gasteiger partial charge < -0.3 is 19.1 Å². The van der Waals surface area contributed by atoms with Crippen LogP contribution in [0.3, 0.4) is 0 Å². The molecule has 0 unspecified atom stereocenters. The number of hydrogen-bond acceptors (Lipinski definition) is 3. The lowest BCUT2D eigenvalue weighted by Crippen LogP contribution is -2.50. The first-order valence-corrected chi connectivity index (χ1v) is 10.6. The summed E-state index contributed by atoms with van der Waals surface area (Å²) >= 11 is 0. The highest BCUT2D eigenvalue weighted by Crippen LogP contribution is 2.32. The summed E-state index contributed by atoms with van der Waals surface area (Å²) in [5.41, 5.74) is 3.14. The van der Waals surface area contributed by atoms with Gasteiger partial charge in [0.1, 0.15) is 11.6 Å². The summed E-state index contributed by atoms with van der Waals surface area (Å²) in [5.74, 6) is 0.250. The van der Waals surface area contributed by atoms with Crippen molar-refractivity contribution in [2.75, 3.05) is 33.3 Å². The summed E-state index contributed by atoms with van der Waals surface area (Å²) in [4.78, 5) is 28.5. The van der Waals surface area contributed by atoms with E-state index in [9.17, 15) is 14.0 Å².